The van der Waals surface area contributed by atoms with E-state index < -0.39 is 16.0 Å². The van der Waals surface area contributed by atoms with E-state index in [1.54, 1.807) is 36.5 Å². The first-order valence-corrected chi connectivity index (χ1v) is 15.4. The van der Waals surface area contributed by atoms with Gasteiger partial charge in [0, 0.05) is 29.0 Å². The second-order valence-electron chi connectivity index (χ2n) is 10.2. The van der Waals surface area contributed by atoms with Gasteiger partial charge in [0.15, 0.2) is 5.11 Å². The molecule has 1 aliphatic rings. The molecule has 2 atom stereocenters. The summed E-state index contributed by atoms with van der Waals surface area (Å²) in [6, 6.07) is 17.3. The van der Waals surface area contributed by atoms with Crippen molar-refractivity contribution in [1.82, 2.24) is 14.9 Å². The molecule has 1 aliphatic heterocycles. The van der Waals surface area contributed by atoms with Gasteiger partial charge in [-0.05, 0) is 92.6 Å². The van der Waals surface area contributed by atoms with Gasteiger partial charge in [0.2, 0.25) is 10.0 Å². The van der Waals surface area contributed by atoms with Crippen molar-refractivity contribution >= 4 is 44.7 Å². The number of aromatic carboxylic acids is 1. The molecule has 0 radical (unpaired) electrons. The van der Waals surface area contributed by atoms with Crippen molar-refractivity contribution in [3.05, 3.63) is 101 Å². The Kier molecular flexibility index (Phi) is 7.69. The first-order chi connectivity index (χ1) is 19.9. The summed E-state index contributed by atoms with van der Waals surface area (Å²) in [4.78, 5) is 18.4. The zero-order chi connectivity index (χ0) is 30.3. The normalized spacial score (nSPS) is 16.8. The van der Waals surface area contributed by atoms with E-state index in [4.69, 9.17) is 17.0 Å². The van der Waals surface area contributed by atoms with Gasteiger partial charge in [-0.3, -0.25) is 9.71 Å². The van der Waals surface area contributed by atoms with Gasteiger partial charge in [0.1, 0.15) is 5.75 Å². The minimum atomic E-state index is -3.59. The highest BCUT2D eigenvalue weighted by atomic mass is 32.2. The molecule has 2 aromatic heterocycles. The fourth-order valence-electron chi connectivity index (χ4n) is 5.52. The largest absolute Gasteiger partial charge is 0.495 e. The van der Waals surface area contributed by atoms with Gasteiger partial charge in [-0.25, -0.2) is 13.2 Å². The van der Waals surface area contributed by atoms with Crippen LogP contribution in [0.4, 0.5) is 11.4 Å². The Morgan fingerprint density at radius 3 is 2.50 bits per heavy atom. The number of ether oxygens (including phenoxy) is 1. The molecule has 1 fully saturated rings. The maximum Gasteiger partial charge on any atom is 0.335 e. The number of nitrogens with one attached hydrogen (secondary N) is 2. The van der Waals surface area contributed by atoms with E-state index >= 15 is 0 Å². The number of sulfonamides is 1. The van der Waals surface area contributed by atoms with Crippen LogP contribution in [0.1, 0.15) is 50.7 Å². The van der Waals surface area contributed by atoms with Gasteiger partial charge < -0.3 is 24.6 Å². The quantitative estimate of drug-likeness (QED) is 0.237. The number of nitrogens with zero attached hydrogens (tertiary/aromatic N) is 3. The number of carboxylic acids is 1. The molecule has 12 heteroatoms. The number of thiocarbonyl (C=S) groups is 1. The number of carboxylic acid groups (broad SMARTS) is 1. The van der Waals surface area contributed by atoms with Crippen LogP contribution in [0.2, 0.25) is 0 Å². The van der Waals surface area contributed by atoms with Crippen molar-refractivity contribution in [3.8, 4) is 11.4 Å². The molecular weight excluding hydrogens is 574 g/mol. The number of aryl methyl sites for hydroxylation is 2. The van der Waals surface area contributed by atoms with Crippen molar-refractivity contribution in [2.75, 3.05) is 23.0 Å². The molecule has 5 rings (SSSR count). The first-order valence-electron chi connectivity index (χ1n) is 13.1. The van der Waals surface area contributed by atoms with Crippen molar-refractivity contribution in [1.29, 1.82) is 0 Å². The van der Waals surface area contributed by atoms with Crippen LogP contribution in [-0.4, -0.2) is 47.5 Å². The second-order valence-corrected chi connectivity index (χ2v) is 12.4. The third-order valence-electron chi connectivity index (χ3n) is 7.34. The zero-order valence-electron chi connectivity index (χ0n) is 23.7. The van der Waals surface area contributed by atoms with Gasteiger partial charge in [-0.15, -0.1) is 0 Å². The molecule has 0 bridgehead atoms. The zero-order valence-corrected chi connectivity index (χ0v) is 25.4. The molecule has 4 aromatic rings. The van der Waals surface area contributed by atoms with E-state index in [1.807, 2.05) is 49.9 Å². The van der Waals surface area contributed by atoms with Gasteiger partial charge in [0.25, 0.3) is 0 Å². The summed E-state index contributed by atoms with van der Waals surface area (Å²) < 4.78 is 34.3. The van der Waals surface area contributed by atoms with Crippen molar-refractivity contribution < 1.29 is 23.1 Å². The molecule has 1 saturated heterocycles. The van der Waals surface area contributed by atoms with Crippen LogP contribution in [0, 0.1) is 20.8 Å². The molecule has 218 valence electrons. The van der Waals surface area contributed by atoms with E-state index in [0.717, 1.165) is 40.2 Å². The molecule has 0 unspecified atom stereocenters. The number of methoxy groups -OCH3 is 1. The predicted octanol–water partition coefficient (Wildman–Crippen LogP) is 5.05. The summed E-state index contributed by atoms with van der Waals surface area (Å²) in [5.74, 6) is -0.629. The number of hydrogen-bond donors (Lipinski definition) is 3. The Labute approximate surface area is 250 Å². The molecule has 0 saturated carbocycles. The van der Waals surface area contributed by atoms with E-state index in [0.29, 0.717) is 16.5 Å². The summed E-state index contributed by atoms with van der Waals surface area (Å²) in [7, 11) is -2.12. The summed E-state index contributed by atoms with van der Waals surface area (Å²) in [6.07, 6.45) is 2.81. The second kappa shape index (κ2) is 11.1. The molecule has 2 aromatic carbocycles. The van der Waals surface area contributed by atoms with Crippen molar-refractivity contribution in [2.24, 2.45) is 0 Å². The third-order valence-corrected chi connectivity index (χ3v) is 8.25. The van der Waals surface area contributed by atoms with Crippen LogP contribution < -0.4 is 19.7 Å². The van der Waals surface area contributed by atoms with E-state index in [1.165, 1.54) is 7.11 Å². The Balaban J connectivity index is 1.70. The number of hydrogen-bond acceptors (Lipinski definition) is 6. The van der Waals surface area contributed by atoms with Crippen LogP contribution in [0.25, 0.3) is 5.69 Å². The van der Waals surface area contributed by atoms with E-state index in [-0.39, 0.29) is 23.3 Å². The van der Waals surface area contributed by atoms with Gasteiger partial charge >= 0.3 is 5.97 Å². The summed E-state index contributed by atoms with van der Waals surface area (Å²) in [6.45, 7) is 5.92. The summed E-state index contributed by atoms with van der Waals surface area (Å²) in [5.41, 5.74) is 6.39. The predicted molar refractivity (Wildman–Crippen MR) is 166 cm³/mol. The maximum atomic E-state index is 12.1. The lowest BCUT2D eigenvalue weighted by atomic mass is 9.96. The lowest BCUT2D eigenvalue weighted by Gasteiger charge is -2.29. The Bertz CT molecular complexity index is 1800. The minimum absolute atomic E-state index is 0.200. The standard InChI is InChI=1S/C30H31N5O5S2/c1-17-9-10-20(29(36)37)15-25(17)34-18(2)14-22(19(34)3)28-27(23-8-6-7-13-31-23)32-30(41)35(28)21-11-12-26(40-4)24(16-21)33-42(5,38)39/h6-16,27-28,33H,1-5H3,(H,32,41)(H,36,37)/t27-,28+/m1/s1. The molecule has 10 nitrogen and oxygen atoms in total. The topological polar surface area (TPSA) is 126 Å². The first kappa shape index (κ1) is 29.1. The van der Waals surface area contributed by atoms with Gasteiger partial charge in [-0.2, -0.15) is 0 Å². The number of benzene rings is 2. The smallest absolute Gasteiger partial charge is 0.335 e. The number of rotatable bonds is 8. The molecule has 0 spiro atoms. The highest BCUT2D eigenvalue weighted by Crippen LogP contribution is 2.45. The summed E-state index contributed by atoms with van der Waals surface area (Å²) >= 11 is 5.88. The van der Waals surface area contributed by atoms with Crippen LogP contribution in [0.3, 0.4) is 0 Å². The SMILES string of the molecule is COc1ccc(N2C(=S)N[C@H](c3ccccn3)[C@@H]2c2cc(C)n(-c3cc(C(=O)O)ccc3C)c2C)cc1NS(C)(=O)=O. The minimum Gasteiger partial charge on any atom is -0.495 e. The molecule has 3 N–H and O–H groups in total. The molecule has 0 aliphatic carbocycles. The van der Waals surface area contributed by atoms with Gasteiger partial charge in [0.05, 0.1) is 42.4 Å². The molecule has 0 amide bonds. The average Bonchev–Trinajstić information content (AvgIpc) is 3.43. The van der Waals surface area contributed by atoms with Crippen LogP contribution in [0.5, 0.6) is 5.75 Å². The fraction of sp³-hybridized carbons (Fsp3) is 0.233. The highest BCUT2D eigenvalue weighted by molar-refractivity contribution is 7.92. The molecule has 42 heavy (non-hydrogen) atoms. The number of pyridine rings is 1. The summed E-state index contributed by atoms with van der Waals surface area (Å²) in [5, 5.41) is 13.5. The monoisotopic (exact) mass is 605 g/mol. The number of carbonyl (C=O) groups is 1. The van der Waals surface area contributed by atoms with Crippen molar-refractivity contribution in [3.63, 3.8) is 0 Å². The lowest BCUT2D eigenvalue weighted by Crippen LogP contribution is -2.29. The van der Waals surface area contributed by atoms with E-state index in [2.05, 4.69) is 25.7 Å². The van der Waals surface area contributed by atoms with E-state index in [9.17, 15) is 18.3 Å². The van der Waals surface area contributed by atoms with Crippen LogP contribution in [-0.2, 0) is 10.0 Å². The Morgan fingerprint density at radius 2 is 1.86 bits per heavy atom. The number of aromatic nitrogens is 2. The third kappa shape index (κ3) is 5.42. The van der Waals surface area contributed by atoms with Crippen molar-refractivity contribution in [2.45, 2.75) is 32.9 Å². The maximum absolute atomic E-state index is 12.1. The number of anilines is 2. The van der Waals surface area contributed by atoms with Crippen LogP contribution >= 0.6 is 12.2 Å². The lowest BCUT2D eigenvalue weighted by molar-refractivity contribution is 0.0696. The highest BCUT2D eigenvalue weighted by Gasteiger charge is 2.42. The Morgan fingerprint density at radius 1 is 1.10 bits per heavy atom. The van der Waals surface area contributed by atoms with Crippen LogP contribution in [0.15, 0.2) is 66.9 Å². The molecule has 3 heterocycles. The Hall–Kier alpha value is -4.42. The average molecular weight is 606 g/mol. The van der Waals surface area contributed by atoms with Gasteiger partial charge in [-0.1, -0.05) is 12.1 Å². The molecular formula is C30H31N5O5S2. The fourth-order valence-corrected chi connectivity index (χ4v) is 6.42.